The molecule has 0 radical (unpaired) electrons. The van der Waals surface area contributed by atoms with Gasteiger partial charge in [-0.25, -0.2) is 8.42 Å². The summed E-state index contributed by atoms with van der Waals surface area (Å²) in [6, 6.07) is 12.9. The maximum atomic E-state index is 13.0. The van der Waals surface area contributed by atoms with Gasteiger partial charge in [-0.2, -0.15) is 0 Å². The monoisotopic (exact) mass is 430 g/mol. The zero-order valence-corrected chi connectivity index (χ0v) is 19.0. The summed E-state index contributed by atoms with van der Waals surface area (Å²) in [5.74, 6) is 0.411. The fourth-order valence-electron chi connectivity index (χ4n) is 3.89. The molecule has 0 bridgehead atoms. The number of carbonyl (C=O) groups is 1. The lowest BCUT2D eigenvalue weighted by Gasteiger charge is -2.38. The van der Waals surface area contributed by atoms with Crippen molar-refractivity contribution in [2.24, 2.45) is 0 Å². The Hall–Kier alpha value is -2.54. The number of amides is 1. The number of anilines is 1. The number of para-hydroxylation sites is 1. The van der Waals surface area contributed by atoms with Crippen molar-refractivity contribution in [2.45, 2.75) is 52.2 Å². The summed E-state index contributed by atoms with van der Waals surface area (Å²) in [6.45, 7) is 7.65. The van der Waals surface area contributed by atoms with E-state index in [1.807, 2.05) is 58.0 Å². The summed E-state index contributed by atoms with van der Waals surface area (Å²) >= 11 is 0. The summed E-state index contributed by atoms with van der Waals surface area (Å²) in [5.41, 5.74) is 2.97. The minimum absolute atomic E-state index is 0.250. The van der Waals surface area contributed by atoms with Gasteiger partial charge in [-0.15, -0.1) is 0 Å². The Balaban J connectivity index is 1.86. The molecular formula is C23H30N2O4S. The molecule has 30 heavy (non-hydrogen) atoms. The van der Waals surface area contributed by atoms with E-state index in [9.17, 15) is 13.2 Å². The van der Waals surface area contributed by atoms with Gasteiger partial charge in [0.1, 0.15) is 17.9 Å². The smallest absolute Gasteiger partial charge is 0.241 e. The lowest BCUT2D eigenvalue weighted by Crippen LogP contribution is -2.45. The molecule has 1 aliphatic heterocycles. The van der Waals surface area contributed by atoms with Crippen LogP contribution in [0.2, 0.25) is 0 Å². The van der Waals surface area contributed by atoms with Gasteiger partial charge >= 0.3 is 0 Å². The minimum Gasteiger partial charge on any atom is -0.487 e. The van der Waals surface area contributed by atoms with Gasteiger partial charge in [0, 0.05) is 12.0 Å². The number of ether oxygens (including phenoxy) is 1. The second kappa shape index (κ2) is 8.30. The highest BCUT2D eigenvalue weighted by atomic mass is 32.2. The summed E-state index contributed by atoms with van der Waals surface area (Å²) < 4.78 is 32.3. The Morgan fingerprint density at radius 3 is 2.60 bits per heavy atom. The molecule has 0 saturated heterocycles. The van der Waals surface area contributed by atoms with Gasteiger partial charge in [0.2, 0.25) is 15.9 Å². The largest absolute Gasteiger partial charge is 0.487 e. The van der Waals surface area contributed by atoms with Crippen molar-refractivity contribution in [1.29, 1.82) is 0 Å². The number of hydrogen-bond acceptors (Lipinski definition) is 4. The highest BCUT2D eigenvalue weighted by Crippen LogP contribution is 2.40. The predicted octanol–water partition coefficient (Wildman–Crippen LogP) is 3.74. The molecule has 0 aliphatic carbocycles. The first-order valence-corrected chi connectivity index (χ1v) is 12.0. The van der Waals surface area contributed by atoms with E-state index in [4.69, 9.17) is 4.74 Å². The van der Waals surface area contributed by atoms with Crippen LogP contribution in [-0.4, -0.2) is 32.7 Å². The fourth-order valence-corrected chi connectivity index (χ4v) is 4.78. The molecule has 0 unspecified atom stereocenters. The summed E-state index contributed by atoms with van der Waals surface area (Å²) in [7, 11) is -3.63. The van der Waals surface area contributed by atoms with Crippen LogP contribution in [0, 0.1) is 6.92 Å². The molecule has 2 aromatic rings. The van der Waals surface area contributed by atoms with E-state index >= 15 is 0 Å². The van der Waals surface area contributed by atoms with E-state index < -0.39 is 15.6 Å². The summed E-state index contributed by atoms with van der Waals surface area (Å²) in [4.78, 5) is 13.0. The van der Waals surface area contributed by atoms with Gasteiger partial charge < -0.3 is 10.1 Å². The second-order valence-electron chi connectivity index (χ2n) is 8.48. The quantitative estimate of drug-likeness (QED) is 0.757. The van der Waals surface area contributed by atoms with E-state index in [0.717, 1.165) is 28.7 Å². The van der Waals surface area contributed by atoms with E-state index in [-0.39, 0.29) is 18.5 Å². The third-order valence-electron chi connectivity index (χ3n) is 5.29. The molecule has 162 valence electrons. The van der Waals surface area contributed by atoms with Gasteiger partial charge in [0.15, 0.2) is 0 Å². The van der Waals surface area contributed by atoms with E-state index in [2.05, 4.69) is 5.32 Å². The average molecular weight is 431 g/mol. The predicted molar refractivity (Wildman–Crippen MR) is 119 cm³/mol. The standard InChI is InChI=1S/C23H30N2O4S/c1-6-17-9-7-8-10-20(17)25(30(5,27)28)15-22(26)24-19-14-23(3,4)29-21-13-16(2)11-12-18(19)21/h7-13,19H,6,14-15H2,1-5H3,(H,24,26)/t19-/m1/s1. The van der Waals surface area contributed by atoms with Crippen molar-refractivity contribution in [3.8, 4) is 5.75 Å². The number of hydrogen-bond donors (Lipinski definition) is 1. The number of sulfonamides is 1. The molecule has 0 aromatic heterocycles. The number of rotatable bonds is 6. The Morgan fingerprint density at radius 1 is 1.23 bits per heavy atom. The molecule has 6 nitrogen and oxygen atoms in total. The van der Waals surface area contributed by atoms with Gasteiger partial charge in [-0.05, 0) is 50.5 Å². The van der Waals surface area contributed by atoms with Gasteiger partial charge in [-0.3, -0.25) is 9.10 Å². The Labute approximate surface area is 179 Å². The van der Waals surface area contributed by atoms with Crippen molar-refractivity contribution in [3.05, 3.63) is 59.2 Å². The Kier molecular flexibility index (Phi) is 6.13. The maximum absolute atomic E-state index is 13.0. The first kappa shape index (κ1) is 22.2. The fraction of sp³-hybridized carbons (Fsp3) is 0.435. The number of nitrogens with zero attached hydrogens (tertiary/aromatic N) is 1. The van der Waals surface area contributed by atoms with Crippen LogP contribution in [0.15, 0.2) is 42.5 Å². The molecule has 1 amide bonds. The maximum Gasteiger partial charge on any atom is 0.241 e. The lowest BCUT2D eigenvalue weighted by atomic mass is 9.89. The molecule has 1 N–H and O–H groups in total. The van der Waals surface area contributed by atoms with Crippen LogP contribution in [0.25, 0.3) is 0 Å². The third kappa shape index (κ3) is 4.95. The Bertz CT molecular complexity index is 1050. The van der Waals surface area contributed by atoms with Crippen LogP contribution in [-0.2, 0) is 21.2 Å². The first-order valence-electron chi connectivity index (χ1n) is 10.1. The van der Waals surface area contributed by atoms with Crippen LogP contribution in [0.4, 0.5) is 5.69 Å². The molecular weight excluding hydrogens is 400 g/mol. The molecule has 1 aliphatic rings. The van der Waals surface area contributed by atoms with E-state index in [1.54, 1.807) is 12.1 Å². The molecule has 2 aromatic carbocycles. The number of fused-ring (bicyclic) bond motifs is 1. The topological polar surface area (TPSA) is 75.7 Å². The van der Waals surface area contributed by atoms with Crippen molar-refractivity contribution in [1.82, 2.24) is 5.32 Å². The van der Waals surface area contributed by atoms with Gasteiger partial charge in [0.25, 0.3) is 0 Å². The number of carbonyl (C=O) groups excluding carboxylic acids is 1. The SMILES string of the molecule is CCc1ccccc1N(CC(=O)N[C@@H]1CC(C)(C)Oc2cc(C)ccc21)S(C)(=O)=O. The second-order valence-corrected chi connectivity index (χ2v) is 10.4. The molecule has 1 atom stereocenters. The molecule has 0 spiro atoms. The summed E-state index contributed by atoms with van der Waals surface area (Å²) in [6.07, 6.45) is 2.40. The molecule has 1 heterocycles. The first-order chi connectivity index (χ1) is 14.0. The van der Waals surface area contributed by atoms with E-state index in [1.165, 1.54) is 4.31 Å². The van der Waals surface area contributed by atoms with Crippen molar-refractivity contribution in [2.75, 3.05) is 17.1 Å². The molecule has 3 rings (SSSR count). The molecule has 0 saturated carbocycles. The van der Waals surface area contributed by atoms with Crippen molar-refractivity contribution in [3.63, 3.8) is 0 Å². The lowest BCUT2D eigenvalue weighted by molar-refractivity contribution is -0.120. The van der Waals surface area contributed by atoms with Crippen LogP contribution in [0.1, 0.15) is 49.9 Å². The summed E-state index contributed by atoms with van der Waals surface area (Å²) in [5, 5.41) is 3.03. The highest BCUT2D eigenvalue weighted by Gasteiger charge is 2.35. The molecule has 0 fully saturated rings. The Morgan fingerprint density at radius 2 is 1.93 bits per heavy atom. The highest BCUT2D eigenvalue weighted by molar-refractivity contribution is 7.92. The zero-order chi connectivity index (χ0) is 22.1. The molecule has 7 heteroatoms. The number of benzene rings is 2. The van der Waals surface area contributed by atoms with Crippen molar-refractivity contribution < 1.29 is 17.9 Å². The zero-order valence-electron chi connectivity index (χ0n) is 18.2. The normalized spacial score (nSPS) is 17.6. The van der Waals surface area contributed by atoms with Gasteiger partial charge in [0.05, 0.1) is 18.0 Å². The van der Waals surface area contributed by atoms with E-state index in [0.29, 0.717) is 18.5 Å². The number of aryl methyl sites for hydroxylation is 2. The third-order valence-corrected chi connectivity index (χ3v) is 6.42. The van der Waals surface area contributed by atoms with Crippen LogP contribution in [0.3, 0.4) is 0 Å². The van der Waals surface area contributed by atoms with Gasteiger partial charge in [-0.1, -0.05) is 37.3 Å². The number of nitrogens with one attached hydrogen (secondary N) is 1. The minimum atomic E-state index is -3.63. The average Bonchev–Trinajstić information content (AvgIpc) is 2.64. The van der Waals surface area contributed by atoms with Crippen LogP contribution >= 0.6 is 0 Å². The van der Waals surface area contributed by atoms with Crippen LogP contribution in [0.5, 0.6) is 5.75 Å². The van der Waals surface area contributed by atoms with Crippen LogP contribution < -0.4 is 14.4 Å². The van der Waals surface area contributed by atoms with Crippen molar-refractivity contribution >= 4 is 21.6 Å².